The van der Waals surface area contributed by atoms with E-state index in [1.807, 2.05) is 29.1 Å². The fourth-order valence-electron chi connectivity index (χ4n) is 1.28. The zero-order valence-corrected chi connectivity index (χ0v) is 11.0. The molecule has 1 aromatic heterocycles. The van der Waals surface area contributed by atoms with Gasteiger partial charge in [0.2, 0.25) is 0 Å². The minimum Gasteiger partial charge on any atom is -0.326 e. The summed E-state index contributed by atoms with van der Waals surface area (Å²) in [6.07, 6.45) is 0. The van der Waals surface area contributed by atoms with E-state index in [2.05, 4.69) is 0 Å². The predicted octanol–water partition coefficient (Wildman–Crippen LogP) is 4.79. The van der Waals surface area contributed by atoms with Crippen molar-refractivity contribution >= 4 is 46.8 Å². The van der Waals surface area contributed by atoms with Gasteiger partial charge in [0.25, 0.3) is 0 Å². The average molecular weight is 276 g/mol. The van der Waals surface area contributed by atoms with Gasteiger partial charge >= 0.3 is 0 Å². The van der Waals surface area contributed by atoms with E-state index in [4.69, 9.17) is 35.4 Å². The van der Waals surface area contributed by atoms with Crippen molar-refractivity contribution in [2.45, 2.75) is 0 Å². The summed E-state index contributed by atoms with van der Waals surface area (Å²) in [4.78, 5) is 0. The molecule has 0 bridgehead atoms. The summed E-state index contributed by atoms with van der Waals surface area (Å²) in [6, 6.07) is 5.58. The fourth-order valence-corrected chi connectivity index (χ4v) is 2.58. The van der Waals surface area contributed by atoms with Gasteiger partial charge in [-0.3, -0.25) is 0 Å². The van der Waals surface area contributed by atoms with Crippen molar-refractivity contribution in [3.63, 3.8) is 0 Å². The molecule has 0 spiro atoms. The Kier molecular flexibility index (Phi) is 3.16. The third-order valence-electron chi connectivity index (χ3n) is 2.12. The lowest BCUT2D eigenvalue weighted by Gasteiger charge is -2.04. The standard InChI is InChI=1S/C10H7Cl2NS2/c1-13-9(5-15-10(13)14)6-2-3-7(11)8(12)4-6/h2-5H,1H3. The lowest BCUT2D eigenvalue weighted by atomic mass is 10.2. The maximum absolute atomic E-state index is 5.96. The highest BCUT2D eigenvalue weighted by molar-refractivity contribution is 7.73. The molecule has 1 nitrogen and oxygen atoms in total. The summed E-state index contributed by atoms with van der Waals surface area (Å²) in [6.45, 7) is 0. The third kappa shape index (κ3) is 2.11. The number of aromatic nitrogens is 1. The average Bonchev–Trinajstić information content (AvgIpc) is 2.53. The Bertz CT molecular complexity index is 557. The Labute approximate surface area is 107 Å². The van der Waals surface area contributed by atoms with Crippen LogP contribution in [-0.2, 0) is 7.05 Å². The lowest BCUT2D eigenvalue weighted by Crippen LogP contribution is -1.90. The van der Waals surface area contributed by atoms with Gasteiger partial charge in [-0.15, -0.1) is 11.3 Å². The van der Waals surface area contributed by atoms with E-state index in [1.54, 1.807) is 6.07 Å². The van der Waals surface area contributed by atoms with Crippen molar-refractivity contribution in [1.29, 1.82) is 0 Å². The summed E-state index contributed by atoms with van der Waals surface area (Å²) >= 11 is 18.5. The number of benzene rings is 1. The maximum atomic E-state index is 5.96. The number of thiazole rings is 1. The highest BCUT2D eigenvalue weighted by Gasteiger charge is 2.05. The van der Waals surface area contributed by atoms with Crippen molar-refractivity contribution in [1.82, 2.24) is 4.57 Å². The Morgan fingerprint density at radius 1 is 1.27 bits per heavy atom. The molecule has 0 N–H and O–H groups in total. The van der Waals surface area contributed by atoms with E-state index in [9.17, 15) is 0 Å². The maximum Gasteiger partial charge on any atom is 0.161 e. The molecule has 2 rings (SSSR count). The fraction of sp³-hybridized carbons (Fsp3) is 0.100. The van der Waals surface area contributed by atoms with E-state index in [-0.39, 0.29) is 0 Å². The normalized spacial score (nSPS) is 10.6. The lowest BCUT2D eigenvalue weighted by molar-refractivity contribution is 0.930. The van der Waals surface area contributed by atoms with Crippen molar-refractivity contribution in [3.05, 3.63) is 37.6 Å². The van der Waals surface area contributed by atoms with E-state index in [1.165, 1.54) is 11.3 Å². The minimum atomic E-state index is 0.561. The van der Waals surface area contributed by atoms with Crippen molar-refractivity contribution in [3.8, 4) is 11.3 Å². The van der Waals surface area contributed by atoms with Gasteiger partial charge in [0.15, 0.2) is 3.95 Å². The molecule has 2 aromatic rings. The highest BCUT2D eigenvalue weighted by Crippen LogP contribution is 2.29. The summed E-state index contributed by atoms with van der Waals surface area (Å²) < 4.78 is 2.80. The molecular formula is C10H7Cl2NS2. The molecule has 1 aromatic carbocycles. The summed E-state index contributed by atoms with van der Waals surface area (Å²) in [5, 5.41) is 3.14. The largest absolute Gasteiger partial charge is 0.326 e. The molecule has 1 heterocycles. The molecule has 15 heavy (non-hydrogen) atoms. The number of hydrogen-bond acceptors (Lipinski definition) is 2. The van der Waals surface area contributed by atoms with E-state index < -0.39 is 0 Å². The monoisotopic (exact) mass is 275 g/mol. The topological polar surface area (TPSA) is 4.93 Å². The SMILES string of the molecule is Cn1c(-c2ccc(Cl)c(Cl)c2)csc1=S. The zero-order chi connectivity index (χ0) is 11.0. The number of rotatable bonds is 1. The molecule has 0 amide bonds. The second kappa shape index (κ2) is 4.26. The first-order valence-electron chi connectivity index (χ1n) is 4.19. The molecule has 0 saturated heterocycles. The van der Waals surface area contributed by atoms with Gasteiger partial charge < -0.3 is 4.57 Å². The molecule has 0 aliphatic heterocycles. The van der Waals surface area contributed by atoms with Crippen molar-refractivity contribution in [2.75, 3.05) is 0 Å². The second-order valence-electron chi connectivity index (χ2n) is 3.07. The van der Waals surface area contributed by atoms with Gasteiger partial charge in [0.1, 0.15) is 0 Å². The van der Waals surface area contributed by atoms with E-state index >= 15 is 0 Å². The first-order valence-corrected chi connectivity index (χ1v) is 6.24. The molecule has 0 aliphatic rings. The minimum absolute atomic E-state index is 0.561. The van der Waals surface area contributed by atoms with E-state index in [0.717, 1.165) is 15.2 Å². The third-order valence-corrected chi connectivity index (χ3v) is 4.24. The Hall–Kier alpha value is -0.350. The van der Waals surface area contributed by atoms with Gasteiger partial charge in [-0.25, -0.2) is 0 Å². The highest BCUT2D eigenvalue weighted by atomic mass is 35.5. The van der Waals surface area contributed by atoms with Gasteiger partial charge in [0, 0.05) is 18.0 Å². The Morgan fingerprint density at radius 3 is 2.53 bits per heavy atom. The summed E-state index contributed by atoms with van der Waals surface area (Å²) in [7, 11) is 1.94. The van der Waals surface area contributed by atoms with Crippen LogP contribution in [0.15, 0.2) is 23.6 Å². The van der Waals surface area contributed by atoms with Crippen LogP contribution in [0.25, 0.3) is 11.3 Å². The molecule has 0 aliphatic carbocycles. The summed E-state index contributed by atoms with van der Waals surface area (Å²) in [5.74, 6) is 0. The molecule has 0 atom stereocenters. The Balaban J connectivity index is 2.59. The first-order chi connectivity index (χ1) is 7.09. The van der Waals surface area contributed by atoms with E-state index in [0.29, 0.717) is 10.0 Å². The van der Waals surface area contributed by atoms with Crippen LogP contribution in [0.4, 0.5) is 0 Å². The van der Waals surface area contributed by atoms with Crippen LogP contribution in [0, 0.1) is 3.95 Å². The predicted molar refractivity (Wildman–Crippen MR) is 69.6 cm³/mol. The van der Waals surface area contributed by atoms with Crippen LogP contribution in [-0.4, -0.2) is 4.57 Å². The molecule has 0 radical (unpaired) electrons. The first kappa shape index (κ1) is 11.1. The van der Waals surface area contributed by atoms with Crippen LogP contribution >= 0.6 is 46.8 Å². The molecular weight excluding hydrogens is 269 g/mol. The van der Waals surface area contributed by atoms with Crippen molar-refractivity contribution < 1.29 is 0 Å². The molecule has 0 fully saturated rings. The molecule has 5 heteroatoms. The number of nitrogens with zero attached hydrogens (tertiary/aromatic N) is 1. The van der Waals surface area contributed by atoms with Crippen LogP contribution in [0.2, 0.25) is 10.0 Å². The quantitative estimate of drug-likeness (QED) is 0.678. The van der Waals surface area contributed by atoms with Crippen LogP contribution < -0.4 is 0 Å². The van der Waals surface area contributed by atoms with Gasteiger partial charge in [-0.2, -0.15) is 0 Å². The second-order valence-corrected chi connectivity index (χ2v) is 5.39. The van der Waals surface area contributed by atoms with Crippen LogP contribution in [0.1, 0.15) is 0 Å². The molecule has 0 unspecified atom stereocenters. The smallest absolute Gasteiger partial charge is 0.161 e. The molecule has 0 saturated carbocycles. The van der Waals surface area contributed by atoms with Crippen LogP contribution in [0.3, 0.4) is 0 Å². The zero-order valence-electron chi connectivity index (χ0n) is 7.83. The number of hydrogen-bond donors (Lipinski definition) is 0. The molecule has 78 valence electrons. The van der Waals surface area contributed by atoms with Gasteiger partial charge in [0.05, 0.1) is 15.7 Å². The van der Waals surface area contributed by atoms with Crippen LogP contribution in [0.5, 0.6) is 0 Å². The number of halogens is 2. The Morgan fingerprint density at radius 2 is 2.00 bits per heavy atom. The van der Waals surface area contributed by atoms with Gasteiger partial charge in [-0.1, -0.05) is 29.3 Å². The van der Waals surface area contributed by atoms with Crippen molar-refractivity contribution in [2.24, 2.45) is 7.05 Å². The summed E-state index contributed by atoms with van der Waals surface area (Å²) in [5.41, 5.74) is 2.09. The van der Waals surface area contributed by atoms with Gasteiger partial charge in [-0.05, 0) is 24.4 Å².